The van der Waals surface area contributed by atoms with Gasteiger partial charge in [0.05, 0.1) is 19.4 Å². The van der Waals surface area contributed by atoms with Gasteiger partial charge >= 0.3 is 0 Å². The molecule has 1 aromatic heterocycles. The zero-order chi connectivity index (χ0) is 13.1. The number of rotatable bonds is 3. The molecule has 2 heterocycles. The van der Waals surface area contributed by atoms with Gasteiger partial charge in [0.25, 0.3) is 5.91 Å². The molecule has 0 radical (unpaired) electrons. The number of hydrogen-bond acceptors (Lipinski definition) is 3. The zero-order valence-corrected chi connectivity index (χ0v) is 10.5. The SMILES string of the molecule is O=C(NCc1ccco1)[C@H]1OCCc2ccccc21. The number of furan rings is 1. The van der Waals surface area contributed by atoms with Gasteiger partial charge in [0, 0.05) is 0 Å². The molecule has 0 fully saturated rings. The molecule has 1 aliphatic rings. The molecule has 19 heavy (non-hydrogen) atoms. The van der Waals surface area contributed by atoms with E-state index >= 15 is 0 Å². The fourth-order valence-electron chi connectivity index (χ4n) is 2.29. The number of ether oxygens (including phenoxy) is 1. The van der Waals surface area contributed by atoms with Crippen molar-refractivity contribution in [2.45, 2.75) is 19.1 Å². The van der Waals surface area contributed by atoms with Crippen LogP contribution in [0.1, 0.15) is 23.0 Å². The van der Waals surface area contributed by atoms with Crippen molar-refractivity contribution in [2.24, 2.45) is 0 Å². The molecule has 98 valence electrons. The summed E-state index contributed by atoms with van der Waals surface area (Å²) in [5.74, 6) is 0.612. The summed E-state index contributed by atoms with van der Waals surface area (Å²) in [6.45, 7) is 0.962. The van der Waals surface area contributed by atoms with E-state index in [0.29, 0.717) is 13.2 Å². The maximum absolute atomic E-state index is 12.2. The van der Waals surface area contributed by atoms with Crippen LogP contribution in [0.2, 0.25) is 0 Å². The van der Waals surface area contributed by atoms with Gasteiger partial charge in [-0.25, -0.2) is 0 Å². The van der Waals surface area contributed by atoms with Gasteiger partial charge in [0.15, 0.2) is 6.10 Å². The maximum atomic E-state index is 12.2. The number of amides is 1. The smallest absolute Gasteiger partial charge is 0.254 e. The molecular weight excluding hydrogens is 242 g/mol. The fourth-order valence-corrected chi connectivity index (χ4v) is 2.29. The molecule has 2 aromatic rings. The molecule has 0 spiro atoms. The highest BCUT2D eigenvalue weighted by Gasteiger charge is 2.26. The van der Waals surface area contributed by atoms with Crippen molar-refractivity contribution in [3.05, 3.63) is 59.5 Å². The predicted octanol–water partition coefficient (Wildman–Crippen LogP) is 2.21. The van der Waals surface area contributed by atoms with Crippen molar-refractivity contribution >= 4 is 5.91 Å². The van der Waals surface area contributed by atoms with Crippen molar-refractivity contribution < 1.29 is 13.9 Å². The molecule has 0 aliphatic carbocycles. The Bertz CT molecular complexity index is 563. The first kappa shape index (κ1) is 12.0. The Balaban J connectivity index is 1.71. The summed E-state index contributed by atoms with van der Waals surface area (Å²) in [5, 5.41) is 2.84. The van der Waals surface area contributed by atoms with E-state index in [0.717, 1.165) is 17.7 Å². The molecule has 4 nitrogen and oxygen atoms in total. The molecule has 1 aromatic carbocycles. The number of carbonyl (C=O) groups excluding carboxylic acids is 1. The van der Waals surface area contributed by atoms with Gasteiger partial charge in [-0.2, -0.15) is 0 Å². The Hall–Kier alpha value is -2.07. The molecule has 1 atom stereocenters. The van der Waals surface area contributed by atoms with Crippen molar-refractivity contribution in [3.63, 3.8) is 0 Å². The van der Waals surface area contributed by atoms with E-state index in [4.69, 9.17) is 9.15 Å². The third kappa shape index (κ3) is 2.53. The molecule has 0 saturated heterocycles. The summed E-state index contributed by atoms with van der Waals surface area (Å²) >= 11 is 0. The first-order valence-electron chi connectivity index (χ1n) is 6.34. The van der Waals surface area contributed by atoms with Gasteiger partial charge in [-0.15, -0.1) is 0 Å². The molecule has 1 aliphatic heterocycles. The molecule has 3 rings (SSSR count). The number of nitrogens with one attached hydrogen (secondary N) is 1. The lowest BCUT2D eigenvalue weighted by Gasteiger charge is -2.25. The van der Waals surface area contributed by atoms with Gasteiger partial charge in [-0.05, 0) is 29.7 Å². The zero-order valence-electron chi connectivity index (χ0n) is 10.5. The topological polar surface area (TPSA) is 51.5 Å². The Morgan fingerprint density at radius 1 is 1.26 bits per heavy atom. The van der Waals surface area contributed by atoms with Crippen LogP contribution in [-0.2, 0) is 22.5 Å². The predicted molar refractivity (Wildman–Crippen MR) is 69.4 cm³/mol. The average molecular weight is 257 g/mol. The number of hydrogen-bond donors (Lipinski definition) is 1. The summed E-state index contributed by atoms with van der Waals surface area (Å²) in [6.07, 6.45) is 1.94. The van der Waals surface area contributed by atoms with Crippen LogP contribution in [0.15, 0.2) is 47.1 Å². The van der Waals surface area contributed by atoms with Crippen LogP contribution in [0, 0.1) is 0 Å². The van der Waals surface area contributed by atoms with Gasteiger partial charge < -0.3 is 14.5 Å². The molecule has 4 heteroatoms. The highest BCUT2D eigenvalue weighted by atomic mass is 16.5. The summed E-state index contributed by atoms with van der Waals surface area (Å²) in [6, 6.07) is 11.5. The lowest BCUT2D eigenvalue weighted by atomic mass is 9.97. The third-order valence-electron chi connectivity index (χ3n) is 3.25. The van der Waals surface area contributed by atoms with Crippen LogP contribution >= 0.6 is 0 Å². The van der Waals surface area contributed by atoms with Gasteiger partial charge in [0.1, 0.15) is 5.76 Å². The van der Waals surface area contributed by atoms with Crippen molar-refractivity contribution in [1.29, 1.82) is 0 Å². The molecule has 1 amide bonds. The van der Waals surface area contributed by atoms with E-state index in [1.165, 1.54) is 5.56 Å². The van der Waals surface area contributed by atoms with Crippen LogP contribution in [0.5, 0.6) is 0 Å². The van der Waals surface area contributed by atoms with Crippen molar-refractivity contribution in [2.75, 3.05) is 6.61 Å². The number of fused-ring (bicyclic) bond motifs is 1. The number of benzene rings is 1. The Morgan fingerprint density at radius 2 is 2.16 bits per heavy atom. The van der Waals surface area contributed by atoms with Crippen LogP contribution < -0.4 is 5.32 Å². The number of carbonyl (C=O) groups is 1. The Kier molecular flexibility index (Phi) is 3.33. The van der Waals surface area contributed by atoms with E-state index in [1.54, 1.807) is 12.3 Å². The van der Waals surface area contributed by atoms with Crippen molar-refractivity contribution in [3.8, 4) is 0 Å². The summed E-state index contributed by atoms with van der Waals surface area (Å²) in [5.41, 5.74) is 2.15. The van der Waals surface area contributed by atoms with E-state index < -0.39 is 6.10 Å². The lowest BCUT2D eigenvalue weighted by molar-refractivity contribution is -0.134. The minimum Gasteiger partial charge on any atom is -0.467 e. The highest BCUT2D eigenvalue weighted by molar-refractivity contribution is 5.82. The summed E-state index contributed by atoms with van der Waals surface area (Å²) < 4.78 is 10.8. The summed E-state index contributed by atoms with van der Waals surface area (Å²) in [7, 11) is 0. The van der Waals surface area contributed by atoms with Gasteiger partial charge in [-0.1, -0.05) is 24.3 Å². The third-order valence-corrected chi connectivity index (χ3v) is 3.25. The van der Waals surface area contributed by atoms with E-state index in [-0.39, 0.29) is 5.91 Å². The largest absolute Gasteiger partial charge is 0.467 e. The first-order chi connectivity index (χ1) is 9.34. The highest BCUT2D eigenvalue weighted by Crippen LogP contribution is 2.26. The lowest BCUT2D eigenvalue weighted by Crippen LogP contribution is -2.33. The second-order valence-electron chi connectivity index (χ2n) is 4.50. The Labute approximate surface area is 111 Å². The molecular formula is C15H15NO3. The van der Waals surface area contributed by atoms with Crippen LogP contribution in [0.25, 0.3) is 0 Å². The average Bonchev–Trinajstić information content (AvgIpc) is 2.97. The van der Waals surface area contributed by atoms with Gasteiger partial charge in [0.2, 0.25) is 0 Å². The second kappa shape index (κ2) is 5.28. The van der Waals surface area contributed by atoms with E-state index in [2.05, 4.69) is 5.32 Å². The quantitative estimate of drug-likeness (QED) is 0.917. The van der Waals surface area contributed by atoms with Crippen molar-refractivity contribution in [1.82, 2.24) is 5.32 Å². The molecule has 0 saturated carbocycles. The van der Waals surface area contributed by atoms with Crippen LogP contribution in [-0.4, -0.2) is 12.5 Å². The monoisotopic (exact) mass is 257 g/mol. The molecule has 0 unspecified atom stereocenters. The van der Waals surface area contributed by atoms with Crippen LogP contribution in [0.4, 0.5) is 0 Å². The fraction of sp³-hybridized carbons (Fsp3) is 0.267. The minimum atomic E-state index is -0.514. The maximum Gasteiger partial charge on any atom is 0.254 e. The van der Waals surface area contributed by atoms with Crippen LogP contribution in [0.3, 0.4) is 0 Å². The van der Waals surface area contributed by atoms with Gasteiger partial charge in [-0.3, -0.25) is 4.79 Å². The first-order valence-corrected chi connectivity index (χ1v) is 6.34. The van der Waals surface area contributed by atoms with E-state index in [9.17, 15) is 4.79 Å². The molecule has 0 bridgehead atoms. The normalized spacial score (nSPS) is 17.8. The molecule has 1 N–H and O–H groups in total. The Morgan fingerprint density at radius 3 is 3.00 bits per heavy atom. The summed E-state index contributed by atoms with van der Waals surface area (Å²) in [4.78, 5) is 12.2. The second-order valence-corrected chi connectivity index (χ2v) is 4.50. The van der Waals surface area contributed by atoms with E-state index in [1.807, 2.05) is 30.3 Å². The standard InChI is InChI=1S/C15H15NO3/c17-15(16-10-12-5-3-8-18-12)14-13-6-2-1-4-11(13)7-9-19-14/h1-6,8,14H,7,9-10H2,(H,16,17)/t14-/m0/s1. The minimum absolute atomic E-state index is 0.122.